The lowest BCUT2D eigenvalue weighted by Crippen LogP contribution is -2.34. The smallest absolute Gasteiger partial charge is 0.270 e. The molecule has 1 aromatic heterocycles. The number of carbonyl (C=O) groups is 1. The summed E-state index contributed by atoms with van der Waals surface area (Å²) in [6, 6.07) is 6.54. The number of thiazole rings is 1. The predicted molar refractivity (Wildman–Crippen MR) is 88.7 cm³/mol. The molecule has 0 aliphatic rings. The first kappa shape index (κ1) is 17.5. The Bertz CT molecular complexity index is 770. The van der Waals surface area contributed by atoms with Gasteiger partial charge in [0.25, 0.3) is 5.91 Å². The fourth-order valence-corrected chi connectivity index (χ4v) is 3.45. The van der Waals surface area contributed by atoms with Crippen LogP contribution in [0.25, 0.3) is 0 Å². The summed E-state index contributed by atoms with van der Waals surface area (Å²) in [5, 5.41) is 4.90. The Balaban J connectivity index is 1.82. The molecule has 0 spiro atoms. The van der Waals surface area contributed by atoms with E-state index in [9.17, 15) is 13.2 Å². The Morgan fingerprint density at radius 3 is 2.57 bits per heavy atom. The number of sulfonamides is 1. The third-order valence-corrected chi connectivity index (χ3v) is 5.34. The van der Waals surface area contributed by atoms with Crippen molar-refractivity contribution >= 4 is 27.3 Å². The van der Waals surface area contributed by atoms with E-state index < -0.39 is 10.0 Å². The van der Waals surface area contributed by atoms with E-state index in [-0.39, 0.29) is 36.1 Å². The molecule has 4 N–H and O–H groups in total. The quantitative estimate of drug-likeness (QED) is 0.631. The normalized spacial score (nSPS) is 11.4. The Labute approximate surface area is 139 Å². The molecule has 0 aliphatic heterocycles. The summed E-state index contributed by atoms with van der Waals surface area (Å²) >= 11 is 1.31. The summed E-state index contributed by atoms with van der Waals surface area (Å²) in [6.07, 6.45) is 0. The lowest BCUT2D eigenvalue weighted by molar-refractivity contribution is 0.0950. The first-order valence-corrected chi connectivity index (χ1v) is 9.27. The minimum Gasteiger partial charge on any atom is -0.349 e. The molecule has 1 aromatic carbocycles. The second-order valence-corrected chi connectivity index (χ2v) is 7.51. The fourth-order valence-electron chi connectivity index (χ4n) is 1.76. The van der Waals surface area contributed by atoms with Gasteiger partial charge in [0.15, 0.2) is 0 Å². The molecule has 0 saturated carbocycles. The zero-order chi connectivity index (χ0) is 16.9. The summed E-state index contributed by atoms with van der Waals surface area (Å²) < 4.78 is 26.5. The van der Waals surface area contributed by atoms with Gasteiger partial charge in [-0.05, 0) is 19.1 Å². The molecule has 9 heteroatoms. The third-order valence-electron chi connectivity index (χ3n) is 2.99. The van der Waals surface area contributed by atoms with Gasteiger partial charge in [0, 0.05) is 25.0 Å². The van der Waals surface area contributed by atoms with Gasteiger partial charge in [-0.15, -0.1) is 11.3 Å². The average Bonchev–Trinajstić information content (AvgIpc) is 3.01. The first-order valence-electron chi connectivity index (χ1n) is 6.91. The number of nitrogens with one attached hydrogen (secondary N) is 2. The molecule has 0 aliphatic carbocycles. The van der Waals surface area contributed by atoms with Crippen molar-refractivity contribution in [2.24, 2.45) is 5.73 Å². The highest BCUT2D eigenvalue weighted by Gasteiger charge is 2.14. The van der Waals surface area contributed by atoms with Crippen LogP contribution < -0.4 is 15.8 Å². The van der Waals surface area contributed by atoms with Crippen LogP contribution in [-0.2, 0) is 16.6 Å². The van der Waals surface area contributed by atoms with E-state index in [4.69, 9.17) is 5.73 Å². The van der Waals surface area contributed by atoms with Crippen LogP contribution in [-0.4, -0.2) is 32.4 Å². The zero-order valence-electron chi connectivity index (χ0n) is 12.6. The van der Waals surface area contributed by atoms with Gasteiger partial charge >= 0.3 is 0 Å². The molecule has 0 saturated heterocycles. The maximum atomic E-state index is 12.1. The summed E-state index contributed by atoms with van der Waals surface area (Å²) in [4.78, 5) is 16.1. The van der Waals surface area contributed by atoms with E-state index in [1.807, 2.05) is 6.92 Å². The molecular formula is C14H18N4O3S2. The molecule has 23 heavy (non-hydrogen) atoms. The summed E-state index contributed by atoms with van der Waals surface area (Å²) in [7, 11) is -3.57. The minimum atomic E-state index is -3.57. The summed E-state index contributed by atoms with van der Waals surface area (Å²) in [5.41, 5.74) is 6.71. The van der Waals surface area contributed by atoms with Crippen LogP contribution in [0.5, 0.6) is 0 Å². The van der Waals surface area contributed by atoms with Crippen molar-refractivity contribution in [1.82, 2.24) is 15.0 Å². The molecule has 1 heterocycles. The highest BCUT2D eigenvalue weighted by molar-refractivity contribution is 7.89. The largest absolute Gasteiger partial charge is 0.349 e. The first-order chi connectivity index (χ1) is 10.9. The molecule has 1 amide bonds. The minimum absolute atomic E-state index is 0.0931. The van der Waals surface area contributed by atoms with E-state index in [0.29, 0.717) is 5.01 Å². The van der Waals surface area contributed by atoms with Crippen molar-refractivity contribution in [3.05, 3.63) is 45.9 Å². The van der Waals surface area contributed by atoms with Gasteiger partial charge in [-0.25, -0.2) is 18.1 Å². The molecule has 0 fully saturated rings. The van der Waals surface area contributed by atoms with Crippen LogP contribution in [0, 0.1) is 6.92 Å². The monoisotopic (exact) mass is 354 g/mol. The number of aromatic nitrogens is 1. The van der Waals surface area contributed by atoms with Crippen molar-refractivity contribution in [2.75, 3.05) is 13.1 Å². The number of rotatable bonds is 7. The van der Waals surface area contributed by atoms with Gasteiger partial charge in [0.05, 0.1) is 4.90 Å². The van der Waals surface area contributed by atoms with Crippen molar-refractivity contribution in [3.63, 3.8) is 0 Å². The predicted octanol–water partition coefficient (Wildman–Crippen LogP) is 0.619. The second-order valence-electron chi connectivity index (χ2n) is 4.80. The van der Waals surface area contributed by atoms with Crippen molar-refractivity contribution in [3.8, 4) is 0 Å². The average molecular weight is 354 g/mol. The zero-order valence-corrected chi connectivity index (χ0v) is 14.2. The molecule has 2 rings (SSSR count). The van der Waals surface area contributed by atoms with Crippen LogP contribution >= 0.6 is 11.3 Å². The highest BCUT2D eigenvalue weighted by Crippen LogP contribution is 2.10. The maximum absolute atomic E-state index is 12.1. The van der Waals surface area contributed by atoms with Crippen LogP contribution in [0.3, 0.4) is 0 Å². The lowest BCUT2D eigenvalue weighted by Gasteiger charge is -2.07. The molecule has 7 nitrogen and oxygen atoms in total. The van der Waals surface area contributed by atoms with E-state index in [2.05, 4.69) is 15.0 Å². The number of nitrogens with zero attached hydrogens (tertiary/aromatic N) is 1. The Hall–Kier alpha value is -1.81. The summed E-state index contributed by atoms with van der Waals surface area (Å²) in [5.74, 6) is -0.351. The number of hydrogen-bond donors (Lipinski definition) is 3. The van der Waals surface area contributed by atoms with E-state index in [1.165, 1.54) is 11.3 Å². The van der Waals surface area contributed by atoms with E-state index >= 15 is 0 Å². The molecule has 0 radical (unpaired) electrons. The lowest BCUT2D eigenvalue weighted by atomic mass is 10.2. The van der Waals surface area contributed by atoms with Crippen LogP contribution in [0.4, 0.5) is 0 Å². The van der Waals surface area contributed by atoms with E-state index in [0.717, 1.165) is 5.56 Å². The van der Waals surface area contributed by atoms with Crippen molar-refractivity contribution < 1.29 is 13.2 Å². The number of carbonyl (C=O) groups excluding carboxylic acids is 1. The van der Waals surface area contributed by atoms with E-state index in [1.54, 1.807) is 29.6 Å². The SMILES string of the molecule is Cc1ccc(S(=O)(=O)NCCNC(=O)c2csc(CN)n2)cc1. The summed E-state index contributed by atoms with van der Waals surface area (Å²) in [6.45, 7) is 2.43. The Morgan fingerprint density at radius 1 is 1.26 bits per heavy atom. The number of benzene rings is 1. The van der Waals surface area contributed by atoms with Crippen LogP contribution in [0.2, 0.25) is 0 Å². The van der Waals surface area contributed by atoms with Crippen molar-refractivity contribution in [1.29, 1.82) is 0 Å². The molecular weight excluding hydrogens is 336 g/mol. The Kier molecular flexibility index (Phi) is 5.83. The molecule has 0 atom stereocenters. The topological polar surface area (TPSA) is 114 Å². The number of aryl methyl sites for hydroxylation is 1. The second kappa shape index (κ2) is 7.64. The Morgan fingerprint density at radius 2 is 1.96 bits per heavy atom. The van der Waals surface area contributed by atoms with Gasteiger partial charge in [0.1, 0.15) is 10.7 Å². The number of nitrogens with two attached hydrogens (primary N) is 1. The third kappa shape index (κ3) is 4.83. The van der Waals surface area contributed by atoms with Gasteiger partial charge in [-0.3, -0.25) is 4.79 Å². The van der Waals surface area contributed by atoms with Crippen molar-refractivity contribution in [2.45, 2.75) is 18.4 Å². The molecule has 2 aromatic rings. The maximum Gasteiger partial charge on any atom is 0.270 e. The van der Waals surface area contributed by atoms with Crippen LogP contribution in [0.15, 0.2) is 34.5 Å². The molecule has 0 bridgehead atoms. The highest BCUT2D eigenvalue weighted by atomic mass is 32.2. The van der Waals surface area contributed by atoms with Crippen LogP contribution in [0.1, 0.15) is 21.1 Å². The molecule has 0 unspecified atom stereocenters. The van der Waals surface area contributed by atoms with Gasteiger partial charge in [-0.1, -0.05) is 17.7 Å². The van der Waals surface area contributed by atoms with Gasteiger partial charge < -0.3 is 11.1 Å². The number of amides is 1. The van der Waals surface area contributed by atoms with Gasteiger partial charge in [0.2, 0.25) is 10.0 Å². The molecule has 124 valence electrons. The fraction of sp³-hybridized carbons (Fsp3) is 0.286. The van der Waals surface area contributed by atoms with Gasteiger partial charge in [-0.2, -0.15) is 0 Å². The number of hydrogen-bond acceptors (Lipinski definition) is 6. The standard InChI is InChI=1S/C14H18N4O3S2/c1-10-2-4-11(5-3-10)23(20,21)17-7-6-16-14(19)12-9-22-13(8-15)18-12/h2-5,9,17H,6-8,15H2,1H3,(H,16,19).